The molecule has 0 fully saturated rings. The predicted octanol–water partition coefficient (Wildman–Crippen LogP) is 6.41. The molecule has 2 aromatic heterocycles. The van der Waals surface area contributed by atoms with Crippen LogP contribution < -0.4 is 19.5 Å². The summed E-state index contributed by atoms with van der Waals surface area (Å²) >= 11 is 0. The Labute approximate surface area is 246 Å². The number of hydrogen-bond acceptors (Lipinski definition) is 7. The number of ether oxygens (including phenoxy) is 3. The Bertz CT molecular complexity index is 1660. The minimum atomic E-state index is -0.356. The third-order valence-corrected chi connectivity index (χ3v) is 7.87. The van der Waals surface area contributed by atoms with E-state index in [0.29, 0.717) is 26.1 Å². The van der Waals surface area contributed by atoms with Crippen LogP contribution in [0.4, 0.5) is 0 Å². The van der Waals surface area contributed by atoms with E-state index in [1.54, 1.807) is 13.3 Å². The van der Waals surface area contributed by atoms with Gasteiger partial charge in [0.25, 0.3) is 0 Å². The summed E-state index contributed by atoms with van der Waals surface area (Å²) < 4.78 is 20.0. The lowest BCUT2D eigenvalue weighted by molar-refractivity contribution is 0.283. The number of pyridine rings is 1. The first-order valence-corrected chi connectivity index (χ1v) is 14.3. The number of aryl methyl sites for hydroxylation is 1. The molecule has 2 aliphatic heterocycles. The number of hydrogen-bond donors (Lipinski definition) is 1. The molecule has 8 heteroatoms. The van der Waals surface area contributed by atoms with Gasteiger partial charge in [0.2, 0.25) is 0 Å². The largest absolute Gasteiger partial charge is 0.493 e. The molecule has 8 nitrogen and oxygen atoms in total. The molecule has 42 heavy (non-hydrogen) atoms. The van der Waals surface area contributed by atoms with Crippen LogP contribution in [-0.4, -0.2) is 35.5 Å². The van der Waals surface area contributed by atoms with Gasteiger partial charge < -0.3 is 24.1 Å². The Balaban J connectivity index is 1.18. The molecule has 6 rings (SSSR count). The molecule has 0 spiro atoms. The fourth-order valence-corrected chi connectivity index (χ4v) is 5.46. The Kier molecular flexibility index (Phi) is 7.93. The summed E-state index contributed by atoms with van der Waals surface area (Å²) in [5.74, 6) is 4.89. The summed E-state index contributed by atoms with van der Waals surface area (Å²) in [5.41, 5.74) is 5.20. The molecular formula is C34H35N5O3. The zero-order valence-electron chi connectivity index (χ0n) is 24.0. The fraction of sp³-hybridized carbons (Fsp3) is 0.324. The number of nitrogens with zero attached hydrogens (tertiary/aromatic N) is 4. The first-order chi connectivity index (χ1) is 20.6. The molecule has 0 aliphatic carbocycles. The lowest BCUT2D eigenvalue weighted by atomic mass is 9.93. The molecule has 0 radical (unpaired) electrons. The van der Waals surface area contributed by atoms with Crippen LogP contribution in [0.1, 0.15) is 47.6 Å². The number of fused-ring (bicyclic) bond motifs is 2. The third kappa shape index (κ3) is 6.02. The maximum absolute atomic E-state index is 6.17. The molecule has 1 atom stereocenters. The van der Waals surface area contributed by atoms with Crippen LogP contribution in [0.3, 0.4) is 0 Å². The monoisotopic (exact) mass is 561 g/mol. The van der Waals surface area contributed by atoms with E-state index in [0.717, 1.165) is 58.8 Å². The van der Waals surface area contributed by atoms with Crippen molar-refractivity contribution in [1.82, 2.24) is 14.9 Å². The highest BCUT2D eigenvalue weighted by Gasteiger charge is 2.38. The average Bonchev–Trinajstić information content (AvgIpc) is 3.73. The molecule has 4 aromatic rings. The van der Waals surface area contributed by atoms with Crippen molar-refractivity contribution in [3.05, 3.63) is 89.3 Å². The maximum Gasteiger partial charge on any atom is 0.195 e. The van der Waals surface area contributed by atoms with Gasteiger partial charge in [0, 0.05) is 50.0 Å². The molecule has 2 aliphatic rings. The zero-order chi connectivity index (χ0) is 28.9. The Hall–Kier alpha value is -4.61. The van der Waals surface area contributed by atoms with E-state index in [2.05, 4.69) is 75.1 Å². The second-order valence-electron chi connectivity index (χ2n) is 10.7. The minimum Gasteiger partial charge on any atom is -0.493 e. The Morgan fingerprint density at radius 1 is 1.12 bits per heavy atom. The van der Waals surface area contributed by atoms with Crippen molar-refractivity contribution >= 4 is 17.1 Å². The highest BCUT2D eigenvalue weighted by molar-refractivity contribution is 5.88. The highest BCUT2D eigenvalue weighted by atomic mass is 16.5. The number of nitrogens with one attached hydrogen (secondary N) is 1. The van der Waals surface area contributed by atoms with Gasteiger partial charge in [-0.15, -0.1) is 12.3 Å². The first kappa shape index (κ1) is 27.6. The Morgan fingerprint density at radius 3 is 2.76 bits per heavy atom. The highest BCUT2D eigenvalue weighted by Crippen LogP contribution is 2.38. The Morgan fingerprint density at radius 2 is 1.98 bits per heavy atom. The van der Waals surface area contributed by atoms with Crippen molar-refractivity contribution in [2.24, 2.45) is 17.3 Å². The van der Waals surface area contributed by atoms with Crippen LogP contribution in [0, 0.1) is 12.3 Å². The number of aromatic nitrogens is 2. The molecule has 214 valence electrons. The standard InChI is InChI=1S/C34H35N5O3/c1-4-5-14-34(37-38-34)15-17-41-27-19-29-26(22-39(2)33(29)36-21-27)11-12-30-28-20-31(40-3)32(18-25(28)13-16-35-30)42-23-24-9-7-6-8-10-24/h1,6-12,18-22,30,35H,5,13-17,23H2,2-3H3/b12-11+. The normalized spacial score (nSPS) is 16.7. The average molecular weight is 562 g/mol. The second-order valence-corrected chi connectivity index (χ2v) is 10.7. The summed E-state index contributed by atoms with van der Waals surface area (Å²) in [4.78, 5) is 4.67. The van der Waals surface area contributed by atoms with E-state index in [4.69, 9.17) is 20.6 Å². The second kappa shape index (κ2) is 12.1. The first-order valence-electron chi connectivity index (χ1n) is 14.3. The quantitative estimate of drug-likeness (QED) is 0.202. The number of rotatable bonds is 12. The van der Waals surface area contributed by atoms with Crippen LogP contribution in [0.5, 0.6) is 17.2 Å². The maximum atomic E-state index is 6.17. The molecule has 2 aromatic carbocycles. The number of terminal acetylenes is 1. The van der Waals surface area contributed by atoms with Crippen LogP contribution in [-0.2, 0) is 20.1 Å². The van der Waals surface area contributed by atoms with Crippen molar-refractivity contribution in [2.75, 3.05) is 20.3 Å². The molecule has 1 unspecified atom stereocenters. The zero-order valence-corrected chi connectivity index (χ0v) is 24.0. The van der Waals surface area contributed by atoms with E-state index in [9.17, 15) is 0 Å². The molecule has 0 bridgehead atoms. The van der Waals surface area contributed by atoms with Gasteiger partial charge in [0.05, 0.1) is 26.0 Å². The smallest absolute Gasteiger partial charge is 0.195 e. The van der Waals surface area contributed by atoms with E-state index in [1.165, 1.54) is 11.1 Å². The lowest BCUT2D eigenvalue weighted by Crippen LogP contribution is -2.28. The van der Waals surface area contributed by atoms with Gasteiger partial charge in [-0.3, -0.25) is 0 Å². The molecule has 0 saturated heterocycles. The molecule has 1 N–H and O–H groups in total. The van der Waals surface area contributed by atoms with Gasteiger partial charge >= 0.3 is 0 Å². The molecular weight excluding hydrogens is 526 g/mol. The van der Waals surface area contributed by atoms with Crippen LogP contribution in [0.25, 0.3) is 17.1 Å². The number of methoxy groups -OCH3 is 1. The van der Waals surface area contributed by atoms with Crippen molar-refractivity contribution in [3.63, 3.8) is 0 Å². The minimum absolute atomic E-state index is 0.0405. The van der Waals surface area contributed by atoms with Crippen LogP contribution in [0.2, 0.25) is 0 Å². The lowest BCUT2D eigenvalue weighted by Gasteiger charge is -2.26. The topological polar surface area (TPSA) is 82.3 Å². The van der Waals surface area contributed by atoms with Crippen molar-refractivity contribution < 1.29 is 14.2 Å². The van der Waals surface area contributed by atoms with Crippen molar-refractivity contribution in [1.29, 1.82) is 0 Å². The third-order valence-electron chi connectivity index (χ3n) is 7.87. The van der Waals surface area contributed by atoms with Crippen LogP contribution in [0.15, 0.2) is 77.2 Å². The van der Waals surface area contributed by atoms with Gasteiger partial charge in [0.1, 0.15) is 18.0 Å². The van der Waals surface area contributed by atoms with Crippen LogP contribution >= 0.6 is 0 Å². The predicted molar refractivity (Wildman–Crippen MR) is 164 cm³/mol. The van der Waals surface area contributed by atoms with Gasteiger partial charge in [0.15, 0.2) is 17.2 Å². The molecule has 0 amide bonds. The SMILES string of the molecule is C#CCCC1(CCOc2cnc3c(c2)c(/C=C/C2NCCc4cc(OCc5ccccc5)c(OC)cc42)cn3C)N=N1. The summed E-state index contributed by atoms with van der Waals surface area (Å²) in [6.45, 7) is 1.88. The van der Waals surface area contributed by atoms with Gasteiger partial charge in [-0.2, -0.15) is 10.2 Å². The van der Waals surface area contributed by atoms with Crippen molar-refractivity contribution in [2.45, 2.75) is 44.0 Å². The summed E-state index contributed by atoms with van der Waals surface area (Å²) in [6, 6.07) is 16.5. The molecule has 4 heterocycles. The van der Waals surface area contributed by atoms with E-state index < -0.39 is 0 Å². The van der Waals surface area contributed by atoms with Gasteiger partial charge in [-0.05, 0) is 41.3 Å². The summed E-state index contributed by atoms with van der Waals surface area (Å²) in [6.07, 6.45) is 16.7. The van der Waals surface area contributed by atoms with E-state index in [1.807, 2.05) is 29.8 Å². The fourth-order valence-electron chi connectivity index (χ4n) is 5.46. The van der Waals surface area contributed by atoms with E-state index in [-0.39, 0.29) is 11.7 Å². The molecule has 0 saturated carbocycles. The summed E-state index contributed by atoms with van der Waals surface area (Å²) in [5, 5.41) is 13.1. The number of benzene rings is 2. The van der Waals surface area contributed by atoms with Crippen molar-refractivity contribution in [3.8, 4) is 29.6 Å². The summed E-state index contributed by atoms with van der Waals surface area (Å²) in [7, 11) is 3.70. The van der Waals surface area contributed by atoms with E-state index >= 15 is 0 Å². The van der Waals surface area contributed by atoms with Gasteiger partial charge in [-0.1, -0.05) is 42.5 Å². The van der Waals surface area contributed by atoms with Gasteiger partial charge in [-0.25, -0.2) is 4.98 Å².